The summed E-state index contributed by atoms with van der Waals surface area (Å²) in [6.07, 6.45) is 11.0. The van der Waals surface area contributed by atoms with Crippen molar-refractivity contribution in [3.8, 4) is 11.1 Å². The second-order valence-corrected chi connectivity index (χ2v) is 12.9. The summed E-state index contributed by atoms with van der Waals surface area (Å²) in [4.78, 5) is 0. The first-order valence-corrected chi connectivity index (χ1v) is 17.3. The van der Waals surface area contributed by atoms with Gasteiger partial charge in [0.25, 0.3) is 0 Å². The molecule has 1 heterocycles. The van der Waals surface area contributed by atoms with Gasteiger partial charge in [-0.2, -0.15) is 0 Å². The molecule has 0 fully saturated rings. The van der Waals surface area contributed by atoms with E-state index >= 15 is 0 Å². The van der Waals surface area contributed by atoms with Crippen LogP contribution < -0.4 is 5.73 Å². The van der Waals surface area contributed by atoms with Gasteiger partial charge >= 0.3 is 0 Å². The lowest BCUT2D eigenvalue weighted by Crippen LogP contribution is -2.15. The molecule has 0 spiro atoms. The van der Waals surface area contributed by atoms with E-state index in [-0.39, 0.29) is 5.41 Å². The van der Waals surface area contributed by atoms with Crippen molar-refractivity contribution >= 4 is 45.2 Å². The molecule has 48 heavy (non-hydrogen) atoms. The van der Waals surface area contributed by atoms with Crippen LogP contribution in [-0.4, -0.2) is 4.57 Å². The zero-order valence-corrected chi connectivity index (χ0v) is 29.1. The Bertz CT molecular complexity index is 2220. The molecular formula is C46H46N2. The third-order valence-electron chi connectivity index (χ3n) is 9.50. The van der Waals surface area contributed by atoms with Crippen LogP contribution in [0.25, 0.3) is 50.7 Å². The van der Waals surface area contributed by atoms with E-state index in [0.29, 0.717) is 0 Å². The Labute approximate surface area is 286 Å². The molecule has 0 aliphatic heterocycles. The monoisotopic (exact) mass is 626 g/mol. The fourth-order valence-corrected chi connectivity index (χ4v) is 7.34. The lowest BCUT2D eigenvalue weighted by Gasteiger charge is -2.24. The lowest BCUT2D eigenvalue weighted by atomic mass is 9.79. The number of nitrogens with two attached hydrogens (primary N) is 1. The molecule has 6 aromatic rings. The van der Waals surface area contributed by atoms with Gasteiger partial charge in [0.2, 0.25) is 0 Å². The molecule has 1 aromatic heterocycles. The number of fused-ring (bicyclic) bond motifs is 10. The predicted octanol–water partition coefficient (Wildman–Crippen LogP) is 12.5. The molecule has 0 bridgehead atoms. The number of hydrogen-bond donors (Lipinski definition) is 1. The lowest BCUT2D eigenvalue weighted by molar-refractivity contribution is 0.666. The average Bonchev–Trinajstić information content (AvgIpc) is 3.90. The number of nitrogens with zero attached hydrogens (tertiary/aromatic N) is 1. The minimum Gasteiger partial charge on any atom is -0.399 e. The Kier molecular flexibility index (Phi) is 9.40. The van der Waals surface area contributed by atoms with Gasteiger partial charge in [0.15, 0.2) is 0 Å². The third-order valence-corrected chi connectivity index (χ3v) is 9.50. The summed E-state index contributed by atoms with van der Waals surface area (Å²) in [6, 6.07) is 37.9. The zero-order valence-electron chi connectivity index (χ0n) is 29.1. The Morgan fingerprint density at radius 3 is 1.98 bits per heavy atom. The number of anilines is 1. The fourth-order valence-electron chi connectivity index (χ4n) is 7.34. The molecule has 0 saturated carbocycles. The van der Waals surface area contributed by atoms with Crippen molar-refractivity contribution in [3.63, 3.8) is 0 Å². The van der Waals surface area contributed by atoms with E-state index in [1.807, 2.05) is 50.2 Å². The maximum absolute atomic E-state index is 5.36. The molecular weight excluding hydrogens is 581 g/mol. The van der Waals surface area contributed by atoms with E-state index in [1.165, 1.54) is 72.0 Å². The first kappa shape index (κ1) is 32.6. The van der Waals surface area contributed by atoms with Crippen LogP contribution in [-0.2, 0) is 11.8 Å². The largest absolute Gasteiger partial charge is 0.399 e. The average molecular weight is 627 g/mol. The van der Waals surface area contributed by atoms with Crippen LogP contribution in [0.5, 0.6) is 0 Å². The van der Waals surface area contributed by atoms with E-state index in [2.05, 4.69) is 135 Å². The van der Waals surface area contributed by atoms with Crippen LogP contribution in [0.2, 0.25) is 0 Å². The molecule has 240 valence electrons. The number of benzene rings is 5. The quantitative estimate of drug-likeness (QED) is 0.150. The number of para-hydroxylation sites is 1. The number of aromatic nitrogens is 1. The van der Waals surface area contributed by atoms with Crippen LogP contribution in [0.15, 0.2) is 133 Å². The molecule has 5 aromatic carbocycles. The maximum atomic E-state index is 5.36. The standard InChI is InChI=1S/C30H23N.C8H10.C6H7N.C2H6/c1-18-15-16-19(17-18)31-25-14-8-12-23(25)27-26-22-11-6-7-13-24(22)30(2,3)28(26)20-9-4-5-10-21(20)29(27)31;1-2-8-6-4-3-5-7-8;7-6-4-2-1-3-5-6;1-2/h4-7,9-16H,17H2,1-3H3;3-7H,2H2,1H3;1-5H,7H2;1-2H3. The summed E-state index contributed by atoms with van der Waals surface area (Å²) in [6.45, 7) is 13.1. The van der Waals surface area contributed by atoms with Crippen molar-refractivity contribution in [1.29, 1.82) is 0 Å². The first-order valence-electron chi connectivity index (χ1n) is 17.3. The molecule has 0 radical (unpaired) electrons. The van der Waals surface area contributed by atoms with Gasteiger partial charge in [-0.05, 0) is 70.8 Å². The molecule has 2 N–H and O–H groups in total. The van der Waals surface area contributed by atoms with E-state index in [9.17, 15) is 0 Å². The van der Waals surface area contributed by atoms with Crippen LogP contribution in [0.3, 0.4) is 0 Å². The number of rotatable bonds is 2. The van der Waals surface area contributed by atoms with Crippen LogP contribution in [0.1, 0.15) is 75.9 Å². The van der Waals surface area contributed by atoms with Crippen molar-refractivity contribution in [2.75, 3.05) is 5.73 Å². The first-order chi connectivity index (χ1) is 23.4. The SMILES string of the molecule is CC.CC1=CC=C(n2c3c(c4c5c(c6ccccc6c42)C(C)(C)c2ccccc2-5)C=C=C3)C1.CCc1ccccc1.Nc1ccccc1. The summed E-state index contributed by atoms with van der Waals surface area (Å²) in [5.74, 6) is 0. The highest BCUT2D eigenvalue weighted by Gasteiger charge is 2.40. The number of hydrogen-bond acceptors (Lipinski definition) is 1. The Balaban J connectivity index is 0.000000195. The third kappa shape index (κ3) is 5.74. The molecule has 0 amide bonds. The van der Waals surface area contributed by atoms with E-state index in [0.717, 1.165) is 18.5 Å². The van der Waals surface area contributed by atoms with Gasteiger partial charge in [0.1, 0.15) is 0 Å². The second-order valence-electron chi connectivity index (χ2n) is 12.9. The van der Waals surface area contributed by atoms with Gasteiger partial charge in [-0.15, -0.1) is 5.73 Å². The van der Waals surface area contributed by atoms with E-state index in [1.54, 1.807) is 0 Å². The second kappa shape index (κ2) is 13.8. The van der Waals surface area contributed by atoms with Gasteiger partial charge in [-0.1, -0.05) is 143 Å². The highest BCUT2D eigenvalue weighted by Crippen LogP contribution is 2.56. The van der Waals surface area contributed by atoms with E-state index in [4.69, 9.17) is 5.73 Å². The van der Waals surface area contributed by atoms with Crippen molar-refractivity contribution < 1.29 is 0 Å². The van der Waals surface area contributed by atoms with Crippen molar-refractivity contribution in [2.45, 2.75) is 59.8 Å². The summed E-state index contributed by atoms with van der Waals surface area (Å²) in [5.41, 5.74) is 23.3. The van der Waals surface area contributed by atoms with Crippen LogP contribution in [0.4, 0.5) is 5.69 Å². The van der Waals surface area contributed by atoms with Crippen molar-refractivity contribution in [3.05, 3.63) is 161 Å². The zero-order chi connectivity index (χ0) is 33.8. The minimum absolute atomic E-state index is 0.0325. The molecule has 3 aliphatic carbocycles. The molecule has 0 unspecified atom stereocenters. The van der Waals surface area contributed by atoms with E-state index < -0.39 is 0 Å². The van der Waals surface area contributed by atoms with Crippen molar-refractivity contribution in [2.24, 2.45) is 0 Å². The Morgan fingerprint density at radius 1 is 0.750 bits per heavy atom. The summed E-state index contributed by atoms with van der Waals surface area (Å²) >= 11 is 0. The van der Waals surface area contributed by atoms with Gasteiger partial charge in [0, 0.05) is 45.6 Å². The topological polar surface area (TPSA) is 30.9 Å². The molecule has 9 rings (SSSR count). The number of nitrogen functional groups attached to an aromatic ring is 1. The Hall–Kier alpha value is -5.30. The Morgan fingerprint density at radius 2 is 1.38 bits per heavy atom. The minimum atomic E-state index is -0.0325. The number of aryl methyl sites for hydroxylation is 1. The van der Waals surface area contributed by atoms with Gasteiger partial charge < -0.3 is 10.3 Å². The smallest absolute Gasteiger partial charge is 0.0623 e. The van der Waals surface area contributed by atoms with Crippen LogP contribution >= 0.6 is 0 Å². The summed E-state index contributed by atoms with van der Waals surface area (Å²) in [7, 11) is 0. The summed E-state index contributed by atoms with van der Waals surface area (Å²) in [5, 5.41) is 4.10. The molecule has 2 heteroatoms. The van der Waals surface area contributed by atoms with Gasteiger partial charge in [0.05, 0.1) is 11.2 Å². The number of allylic oxidation sites excluding steroid dienone is 4. The maximum Gasteiger partial charge on any atom is 0.0623 e. The highest BCUT2D eigenvalue weighted by molar-refractivity contribution is 6.21. The van der Waals surface area contributed by atoms with Crippen molar-refractivity contribution in [1.82, 2.24) is 4.57 Å². The molecule has 0 atom stereocenters. The van der Waals surface area contributed by atoms with Gasteiger partial charge in [-0.3, -0.25) is 0 Å². The van der Waals surface area contributed by atoms with Crippen LogP contribution in [0, 0.1) is 0 Å². The fraction of sp³-hybridized carbons (Fsp3) is 0.196. The molecule has 0 saturated heterocycles. The molecule has 3 aliphatic rings. The highest BCUT2D eigenvalue weighted by atomic mass is 15.0. The molecule has 2 nitrogen and oxygen atoms in total. The van der Waals surface area contributed by atoms with Gasteiger partial charge in [-0.25, -0.2) is 0 Å². The summed E-state index contributed by atoms with van der Waals surface area (Å²) < 4.78 is 2.50. The normalized spacial score (nSPS) is 14.0. The predicted molar refractivity (Wildman–Crippen MR) is 210 cm³/mol.